The molecule has 0 radical (unpaired) electrons. The van der Waals surface area contributed by atoms with E-state index in [1.54, 1.807) is 0 Å². The summed E-state index contributed by atoms with van der Waals surface area (Å²) in [5.74, 6) is 0.365. The second-order valence-corrected chi connectivity index (χ2v) is 10.5. The third-order valence-corrected chi connectivity index (χ3v) is 7.99. The van der Waals surface area contributed by atoms with Gasteiger partial charge in [0.25, 0.3) is 5.91 Å². The van der Waals surface area contributed by atoms with Crippen molar-refractivity contribution in [1.29, 1.82) is 0 Å². The fourth-order valence-corrected chi connectivity index (χ4v) is 6.12. The number of carbonyl (C=O) groups excluding carboxylic acids is 2. The fourth-order valence-electron chi connectivity index (χ4n) is 6.12. The lowest BCUT2D eigenvalue weighted by atomic mass is 9.88. The SMILES string of the molecule is O=C(NCCc1nc2ccccc2n1CC(=O)N(C1CCCCC1)C1CCCCC1)c1ccc(F)cc1. The van der Waals surface area contributed by atoms with Gasteiger partial charge in [-0.05, 0) is 62.1 Å². The van der Waals surface area contributed by atoms with Crippen molar-refractivity contribution < 1.29 is 14.0 Å². The number of aromatic nitrogens is 2. The van der Waals surface area contributed by atoms with Crippen molar-refractivity contribution in [3.63, 3.8) is 0 Å². The van der Waals surface area contributed by atoms with Crippen LogP contribution in [0.4, 0.5) is 4.39 Å². The second-order valence-electron chi connectivity index (χ2n) is 10.5. The van der Waals surface area contributed by atoms with E-state index in [1.807, 2.05) is 28.8 Å². The molecule has 2 fully saturated rings. The van der Waals surface area contributed by atoms with Gasteiger partial charge in [0.2, 0.25) is 5.91 Å². The van der Waals surface area contributed by atoms with Crippen LogP contribution in [0.3, 0.4) is 0 Å². The van der Waals surface area contributed by atoms with Gasteiger partial charge < -0.3 is 14.8 Å². The van der Waals surface area contributed by atoms with Crippen LogP contribution in [0.25, 0.3) is 11.0 Å². The Hall–Kier alpha value is -3.22. The summed E-state index contributed by atoms with van der Waals surface area (Å²) in [6.45, 7) is 0.650. The van der Waals surface area contributed by atoms with Crippen LogP contribution in [-0.2, 0) is 17.8 Å². The van der Waals surface area contributed by atoms with Crippen LogP contribution >= 0.6 is 0 Å². The first kappa shape index (κ1) is 25.4. The lowest BCUT2D eigenvalue weighted by molar-refractivity contribution is -0.138. The number of rotatable bonds is 8. The number of amides is 2. The summed E-state index contributed by atoms with van der Waals surface area (Å²) in [6.07, 6.45) is 12.3. The third-order valence-electron chi connectivity index (χ3n) is 7.99. The first-order valence-electron chi connectivity index (χ1n) is 13.9. The smallest absolute Gasteiger partial charge is 0.251 e. The van der Waals surface area contributed by atoms with Gasteiger partial charge in [0.05, 0.1) is 11.0 Å². The minimum atomic E-state index is -0.370. The zero-order chi connectivity index (χ0) is 25.6. The van der Waals surface area contributed by atoms with Crippen molar-refractivity contribution in [2.45, 2.75) is 89.3 Å². The fraction of sp³-hybridized carbons (Fsp3) is 0.500. The minimum Gasteiger partial charge on any atom is -0.352 e. The summed E-state index contributed by atoms with van der Waals surface area (Å²) in [7, 11) is 0. The number of carbonyl (C=O) groups is 2. The summed E-state index contributed by atoms with van der Waals surface area (Å²) in [5, 5.41) is 2.91. The topological polar surface area (TPSA) is 67.2 Å². The standard InChI is InChI=1S/C30H37FN4O2/c31-23-17-15-22(16-18-23)30(37)32-20-19-28-33-26-13-7-8-14-27(26)34(28)21-29(36)35(24-9-3-1-4-10-24)25-11-5-2-6-12-25/h7-8,13-18,24-25H,1-6,9-12,19-21H2,(H,32,37). The van der Waals surface area contributed by atoms with Gasteiger partial charge in [-0.1, -0.05) is 50.7 Å². The van der Waals surface area contributed by atoms with E-state index >= 15 is 0 Å². The Morgan fingerprint density at radius 3 is 2.16 bits per heavy atom. The Morgan fingerprint density at radius 2 is 1.51 bits per heavy atom. The highest BCUT2D eigenvalue weighted by molar-refractivity contribution is 5.94. The van der Waals surface area contributed by atoms with Gasteiger partial charge in [-0.25, -0.2) is 9.37 Å². The minimum absolute atomic E-state index is 0.193. The Morgan fingerprint density at radius 1 is 0.892 bits per heavy atom. The lowest BCUT2D eigenvalue weighted by Crippen LogP contribution is -2.50. The van der Waals surface area contributed by atoms with E-state index in [2.05, 4.69) is 10.2 Å². The van der Waals surface area contributed by atoms with Crippen molar-refractivity contribution in [2.75, 3.05) is 6.54 Å². The molecule has 37 heavy (non-hydrogen) atoms. The van der Waals surface area contributed by atoms with E-state index in [4.69, 9.17) is 4.98 Å². The molecule has 2 aromatic carbocycles. The molecular formula is C30H37FN4O2. The van der Waals surface area contributed by atoms with Crippen LogP contribution in [0.2, 0.25) is 0 Å². The van der Waals surface area contributed by atoms with Crippen LogP contribution in [0.15, 0.2) is 48.5 Å². The molecule has 1 heterocycles. The Kier molecular flexibility index (Phi) is 8.17. The number of hydrogen-bond donors (Lipinski definition) is 1. The van der Waals surface area contributed by atoms with Gasteiger partial charge >= 0.3 is 0 Å². The highest BCUT2D eigenvalue weighted by Gasteiger charge is 2.33. The van der Waals surface area contributed by atoms with Crippen LogP contribution < -0.4 is 5.32 Å². The first-order chi connectivity index (χ1) is 18.1. The Balaban J connectivity index is 1.33. The summed E-state index contributed by atoms with van der Waals surface area (Å²) < 4.78 is 15.2. The van der Waals surface area contributed by atoms with Crippen LogP contribution in [-0.4, -0.2) is 44.9 Å². The van der Waals surface area contributed by atoms with Gasteiger partial charge in [0.1, 0.15) is 18.2 Å². The molecule has 0 atom stereocenters. The quantitative estimate of drug-likeness (QED) is 0.432. The number of para-hydroxylation sites is 2. The number of halogens is 1. The number of fused-ring (bicyclic) bond motifs is 1. The molecule has 0 bridgehead atoms. The van der Waals surface area contributed by atoms with Crippen molar-refractivity contribution >= 4 is 22.8 Å². The van der Waals surface area contributed by atoms with E-state index in [0.29, 0.717) is 30.6 Å². The number of nitrogens with zero attached hydrogens (tertiary/aromatic N) is 3. The molecule has 6 nitrogen and oxygen atoms in total. The van der Waals surface area contributed by atoms with Crippen LogP contribution in [0, 0.1) is 5.82 Å². The molecule has 2 aliphatic carbocycles. The van der Waals surface area contributed by atoms with E-state index < -0.39 is 0 Å². The van der Waals surface area contributed by atoms with E-state index in [1.165, 1.54) is 62.8 Å². The van der Waals surface area contributed by atoms with Gasteiger partial charge in [0, 0.05) is 30.6 Å². The van der Waals surface area contributed by atoms with Crippen molar-refractivity contribution in [3.8, 4) is 0 Å². The number of nitrogens with one attached hydrogen (secondary N) is 1. The third kappa shape index (κ3) is 6.03. The monoisotopic (exact) mass is 504 g/mol. The number of benzene rings is 2. The maximum absolute atomic E-state index is 14.0. The Labute approximate surface area is 218 Å². The maximum Gasteiger partial charge on any atom is 0.251 e. The van der Waals surface area contributed by atoms with Crippen molar-refractivity contribution in [3.05, 3.63) is 65.7 Å². The maximum atomic E-state index is 14.0. The van der Waals surface area contributed by atoms with Crippen molar-refractivity contribution in [2.24, 2.45) is 0 Å². The molecule has 7 heteroatoms. The molecule has 5 rings (SSSR count). The van der Waals surface area contributed by atoms with Crippen molar-refractivity contribution in [1.82, 2.24) is 19.8 Å². The predicted molar refractivity (Wildman–Crippen MR) is 143 cm³/mol. The molecule has 0 spiro atoms. The largest absolute Gasteiger partial charge is 0.352 e. The molecule has 3 aromatic rings. The first-order valence-corrected chi connectivity index (χ1v) is 13.9. The molecule has 196 valence electrons. The summed E-state index contributed by atoms with van der Waals surface area (Å²) in [4.78, 5) is 33.6. The molecule has 2 saturated carbocycles. The Bertz CT molecular complexity index is 1190. The van der Waals surface area contributed by atoms with Gasteiger partial charge in [0.15, 0.2) is 0 Å². The molecular weight excluding hydrogens is 467 g/mol. The van der Waals surface area contributed by atoms with Crippen LogP contribution in [0.5, 0.6) is 0 Å². The van der Waals surface area contributed by atoms with E-state index in [-0.39, 0.29) is 24.2 Å². The molecule has 0 aliphatic heterocycles. The highest BCUT2D eigenvalue weighted by atomic mass is 19.1. The normalized spacial score (nSPS) is 17.1. The summed E-state index contributed by atoms with van der Waals surface area (Å²) in [5.41, 5.74) is 2.22. The van der Waals surface area contributed by atoms with E-state index in [9.17, 15) is 14.0 Å². The molecule has 1 N–H and O–H groups in total. The number of hydrogen-bond acceptors (Lipinski definition) is 3. The highest BCUT2D eigenvalue weighted by Crippen LogP contribution is 2.31. The van der Waals surface area contributed by atoms with Gasteiger partial charge in [-0.15, -0.1) is 0 Å². The molecule has 0 unspecified atom stereocenters. The molecule has 2 amide bonds. The van der Waals surface area contributed by atoms with Gasteiger partial charge in [-0.2, -0.15) is 0 Å². The zero-order valence-corrected chi connectivity index (χ0v) is 21.5. The van der Waals surface area contributed by atoms with E-state index in [0.717, 1.165) is 42.5 Å². The zero-order valence-electron chi connectivity index (χ0n) is 21.5. The second kappa shape index (κ2) is 11.9. The van der Waals surface area contributed by atoms with Crippen LogP contribution in [0.1, 0.15) is 80.4 Å². The average molecular weight is 505 g/mol. The predicted octanol–water partition coefficient (Wildman–Crippen LogP) is 5.64. The summed E-state index contributed by atoms with van der Waals surface area (Å²) >= 11 is 0. The molecule has 1 aromatic heterocycles. The number of imidazole rings is 1. The lowest BCUT2D eigenvalue weighted by Gasteiger charge is -2.42. The average Bonchev–Trinajstić information content (AvgIpc) is 3.27. The van der Waals surface area contributed by atoms with Gasteiger partial charge in [-0.3, -0.25) is 9.59 Å². The molecule has 0 saturated heterocycles. The molecule has 2 aliphatic rings. The summed E-state index contributed by atoms with van der Waals surface area (Å²) in [6, 6.07) is 14.1.